The first-order valence-electron chi connectivity index (χ1n) is 11.0. The summed E-state index contributed by atoms with van der Waals surface area (Å²) < 4.78 is 24.2. The Morgan fingerprint density at radius 1 is 1.15 bits per heavy atom. The van der Waals surface area contributed by atoms with Gasteiger partial charge in [0.25, 0.3) is 5.91 Å². The van der Waals surface area contributed by atoms with Gasteiger partial charge in [-0.2, -0.15) is 4.98 Å². The number of hydrogen-bond acceptors (Lipinski definition) is 7. The number of aliphatic imine (C=N–C) groups is 1. The maximum Gasteiger partial charge on any atom is 0.293 e. The second-order valence-corrected chi connectivity index (χ2v) is 8.60. The molecule has 0 radical (unpaired) electrons. The van der Waals surface area contributed by atoms with E-state index >= 15 is 0 Å². The number of nitrogens with zero attached hydrogens (tertiary/aromatic N) is 4. The van der Waals surface area contributed by atoms with Crippen molar-refractivity contribution in [3.63, 3.8) is 0 Å². The number of hydrogen-bond donors (Lipinski definition) is 1. The van der Waals surface area contributed by atoms with Crippen LogP contribution in [0.3, 0.4) is 0 Å². The molecule has 0 spiro atoms. The number of aryl methyl sites for hydroxylation is 1. The Morgan fingerprint density at radius 3 is 2.79 bits per heavy atom. The Balaban J connectivity index is 1.22. The zero-order valence-corrected chi connectivity index (χ0v) is 18.5. The molecular formula is C25H20FN5O3. The number of halogens is 1. The monoisotopic (exact) mass is 457 g/mol. The molecule has 6 rings (SSSR count). The van der Waals surface area contributed by atoms with Crippen molar-refractivity contribution in [3.8, 4) is 22.8 Å². The van der Waals surface area contributed by atoms with Gasteiger partial charge < -0.3 is 14.3 Å². The predicted molar refractivity (Wildman–Crippen MR) is 123 cm³/mol. The van der Waals surface area contributed by atoms with Gasteiger partial charge in [0.1, 0.15) is 6.17 Å². The largest absolute Gasteiger partial charge is 0.431 e. The molecule has 8 nitrogen and oxygen atoms in total. The van der Waals surface area contributed by atoms with Crippen LogP contribution < -0.4 is 5.32 Å². The molecule has 2 aliphatic rings. The molecule has 1 aliphatic heterocycles. The normalized spacial score (nSPS) is 18.5. The van der Waals surface area contributed by atoms with Gasteiger partial charge in [0.05, 0.1) is 18.7 Å². The van der Waals surface area contributed by atoms with E-state index in [0.29, 0.717) is 41.8 Å². The summed E-state index contributed by atoms with van der Waals surface area (Å²) in [6.45, 7) is 4.53. The number of alkyl halides is 1. The molecule has 1 amide bonds. The summed E-state index contributed by atoms with van der Waals surface area (Å²) >= 11 is 0. The van der Waals surface area contributed by atoms with E-state index in [1.54, 1.807) is 6.07 Å². The van der Waals surface area contributed by atoms with Crippen molar-refractivity contribution in [1.29, 1.82) is 0 Å². The number of amides is 1. The van der Waals surface area contributed by atoms with Crippen LogP contribution in [0.1, 0.15) is 52.4 Å². The minimum Gasteiger partial charge on any atom is -0.431 e. The quantitative estimate of drug-likeness (QED) is 0.447. The van der Waals surface area contributed by atoms with E-state index in [1.165, 1.54) is 6.20 Å². The maximum absolute atomic E-state index is 13.3. The van der Waals surface area contributed by atoms with E-state index in [-0.39, 0.29) is 11.7 Å². The number of carbonyl (C=O) groups is 1. The number of oxazole rings is 1. The third-order valence-electron chi connectivity index (χ3n) is 6.18. The third kappa shape index (κ3) is 3.59. The van der Waals surface area contributed by atoms with Crippen LogP contribution in [0.4, 0.5) is 10.1 Å². The van der Waals surface area contributed by atoms with Gasteiger partial charge in [-0.15, -0.1) is 0 Å². The van der Waals surface area contributed by atoms with Gasteiger partial charge in [-0.05, 0) is 49.6 Å². The van der Waals surface area contributed by atoms with Gasteiger partial charge in [0.15, 0.2) is 0 Å². The van der Waals surface area contributed by atoms with Crippen molar-refractivity contribution in [2.75, 3.05) is 5.32 Å². The fourth-order valence-corrected chi connectivity index (χ4v) is 3.99. The first kappa shape index (κ1) is 20.5. The molecule has 2 atom stereocenters. The van der Waals surface area contributed by atoms with Crippen molar-refractivity contribution < 1.29 is 18.1 Å². The lowest BCUT2D eigenvalue weighted by Gasteiger charge is -2.08. The molecule has 0 bridgehead atoms. The third-order valence-corrected chi connectivity index (χ3v) is 6.18. The fraction of sp³-hybridized carbons (Fsp3) is 0.240. The first-order chi connectivity index (χ1) is 16.5. The van der Waals surface area contributed by atoms with Crippen molar-refractivity contribution in [2.45, 2.75) is 38.9 Å². The molecule has 1 saturated carbocycles. The highest BCUT2D eigenvalue weighted by Gasteiger charge is 2.43. The average molecular weight is 457 g/mol. The summed E-state index contributed by atoms with van der Waals surface area (Å²) in [5.74, 6) is 0.371. The zero-order chi connectivity index (χ0) is 23.4. The maximum atomic E-state index is 13.3. The molecule has 170 valence electrons. The van der Waals surface area contributed by atoms with E-state index in [1.807, 2.05) is 44.2 Å². The van der Waals surface area contributed by atoms with E-state index < -0.39 is 12.1 Å². The molecule has 4 aromatic rings. The lowest BCUT2D eigenvalue weighted by molar-refractivity contribution is 0.0997. The lowest BCUT2D eigenvalue weighted by atomic mass is 10.0. The first-order valence-corrected chi connectivity index (χ1v) is 11.0. The Kier molecular flexibility index (Phi) is 4.65. The van der Waals surface area contributed by atoms with Crippen LogP contribution in [-0.4, -0.2) is 32.9 Å². The van der Waals surface area contributed by atoms with Gasteiger partial charge in [0.2, 0.25) is 23.4 Å². The topological polar surface area (TPSA) is 106 Å². The minimum absolute atomic E-state index is 0.0928. The summed E-state index contributed by atoms with van der Waals surface area (Å²) in [5.41, 5.74) is 6.07. The van der Waals surface area contributed by atoms with Crippen LogP contribution in [0, 0.1) is 6.92 Å². The van der Waals surface area contributed by atoms with Crippen molar-refractivity contribution in [2.24, 2.45) is 4.99 Å². The second-order valence-electron chi connectivity index (χ2n) is 8.60. The van der Waals surface area contributed by atoms with Crippen molar-refractivity contribution in [3.05, 3.63) is 70.9 Å². The molecule has 34 heavy (non-hydrogen) atoms. The van der Waals surface area contributed by atoms with Gasteiger partial charge in [-0.1, -0.05) is 23.4 Å². The van der Waals surface area contributed by atoms with Crippen LogP contribution in [0.2, 0.25) is 0 Å². The number of benzene rings is 2. The Morgan fingerprint density at radius 2 is 1.97 bits per heavy atom. The fourth-order valence-electron chi connectivity index (χ4n) is 3.99. The molecule has 1 aliphatic carbocycles. The Labute approximate surface area is 193 Å². The average Bonchev–Trinajstić information content (AvgIpc) is 3.27. The second kappa shape index (κ2) is 7.72. The minimum atomic E-state index is -0.915. The lowest BCUT2D eigenvalue weighted by Crippen LogP contribution is -2.12. The molecule has 0 saturated heterocycles. The van der Waals surface area contributed by atoms with E-state index in [9.17, 15) is 9.18 Å². The molecule has 1 N–H and O–H groups in total. The van der Waals surface area contributed by atoms with E-state index in [4.69, 9.17) is 8.94 Å². The van der Waals surface area contributed by atoms with E-state index in [2.05, 4.69) is 25.4 Å². The number of rotatable bonds is 5. The van der Waals surface area contributed by atoms with Crippen molar-refractivity contribution in [1.82, 2.24) is 15.1 Å². The number of carbonyl (C=O) groups excluding carboxylic acids is 1. The highest BCUT2D eigenvalue weighted by molar-refractivity contribution is 6.04. The van der Waals surface area contributed by atoms with Crippen LogP contribution in [0.25, 0.3) is 22.8 Å². The van der Waals surface area contributed by atoms with Crippen LogP contribution >= 0.6 is 0 Å². The number of anilines is 1. The highest BCUT2D eigenvalue weighted by Crippen LogP contribution is 2.43. The molecule has 1 fully saturated rings. The van der Waals surface area contributed by atoms with Crippen LogP contribution in [0.15, 0.2) is 56.5 Å². The highest BCUT2D eigenvalue weighted by atomic mass is 19.1. The van der Waals surface area contributed by atoms with Crippen molar-refractivity contribution >= 4 is 17.3 Å². The summed E-state index contributed by atoms with van der Waals surface area (Å²) in [5, 5.41) is 6.82. The number of nitrogens with one attached hydrogen (secondary N) is 1. The van der Waals surface area contributed by atoms with Gasteiger partial charge in [-0.3, -0.25) is 9.79 Å². The molecule has 2 aromatic carbocycles. The molecule has 0 unspecified atom stereocenters. The molecule has 9 heteroatoms. The summed E-state index contributed by atoms with van der Waals surface area (Å²) in [7, 11) is 0. The Hall–Kier alpha value is -4.14. The summed E-state index contributed by atoms with van der Waals surface area (Å²) in [6.07, 6.45) is 0.906. The molecule has 3 heterocycles. The predicted octanol–water partition coefficient (Wildman–Crippen LogP) is 5.10. The number of aromatic nitrogens is 3. The van der Waals surface area contributed by atoms with Gasteiger partial charge in [0, 0.05) is 28.1 Å². The SMILES string of the molecule is CC1=NCc2ccc(-c3ncc(C(=O)Nc4cc(-c5noc([C@H]6C[C@@H]6F)n5)ccc4C)o3)cc21. The van der Waals surface area contributed by atoms with E-state index in [0.717, 1.165) is 28.0 Å². The molecule has 2 aromatic heterocycles. The van der Waals surface area contributed by atoms with Crippen LogP contribution in [0.5, 0.6) is 0 Å². The summed E-state index contributed by atoms with van der Waals surface area (Å²) in [6, 6.07) is 11.3. The summed E-state index contributed by atoms with van der Waals surface area (Å²) in [4.78, 5) is 25.9. The molecular weight excluding hydrogens is 437 g/mol. The standard InChI is InChI=1S/C25H20FN5O3/c1-12-3-4-14(22-30-25(34-31-22)18-9-19(18)26)8-20(12)29-23(32)21-11-28-24(33-21)15-5-6-16-10-27-13(2)17(16)7-15/h3-8,11,18-19H,9-10H2,1-2H3,(H,29,32)/t18-,19-/m0/s1. The zero-order valence-electron chi connectivity index (χ0n) is 18.5. The van der Waals surface area contributed by atoms with Gasteiger partial charge >= 0.3 is 0 Å². The van der Waals surface area contributed by atoms with Gasteiger partial charge in [-0.25, -0.2) is 9.37 Å². The number of fused-ring (bicyclic) bond motifs is 1. The Bertz CT molecular complexity index is 1470. The van der Waals surface area contributed by atoms with Crippen LogP contribution in [-0.2, 0) is 6.54 Å². The smallest absolute Gasteiger partial charge is 0.293 e.